The minimum Gasteiger partial charge on any atom is -0.445 e. The number of ether oxygens (including phenoxy) is 3. The molecule has 1 heterocycles. The number of cyclic esters (lactones) is 3. The van der Waals surface area contributed by atoms with Gasteiger partial charge in [-0.2, -0.15) is 0 Å². The summed E-state index contributed by atoms with van der Waals surface area (Å²) >= 11 is 0. The van der Waals surface area contributed by atoms with Crippen LogP contribution in [-0.4, -0.2) is 106 Å². The lowest BCUT2D eigenvalue weighted by Gasteiger charge is -2.14. The maximum absolute atomic E-state index is 11.4. The predicted molar refractivity (Wildman–Crippen MR) is 71.1 cm³/mol. The van der Waals surface area contributed by atoms with Crippen LogP contribution in [-0.2, 0) is 28.6 Å². The molecule has 0 saturated carbocycles. The number of rotatable bonds is 5. The molecule has 6 N–H and O–H groups in total. The molecule has 1 aliphatic heterocycles. The standard InChI is InChI=1S/C9H12O9.C3H8O3/c10-1-4-7(13)17-6(3-12)9(15)18-5(2-11)8(14)16-4;4-1-3(6)2-5/h4-6,10-12H,1-3H2;3-6H,1-2H2. The van der Waals surface area contributed by atoms with Gasteiger partial charge in [-0.05, 0) is 0 Å². The number of aliphatic hydroxyl groups is 6. The molecule has 1 fully saturated rings. The zero-order valence-corrected chi connectivity index (χ0v) is 12.5. The molecule has 12 nitrogen and oxygen atoms in total. The van der Waals surface area contributed by atoms with Gasteiger partial charge in [0.1, 0.15) is 6.10 Å². The molecule has 0 spiro atoms. The zero-order valence-electron chi connectivity index (χ0n) is 12.5. The Kier molecular flexibility index (Phi) is 10.8. The van der Waals surface area contributed by atoms with Crippen LogP contribution in [0.15, 0.2) is 0 Å². The highest BCUT2D eigenvalue weighted by molar-refractivity contribution is 5.87. The van der Waals surface area contributed by atoms with Gasteiger partial charge >= 0.3 is 17.9 Å². The van der Waals surface area contributed by atoms with Gasteiger partial charge in [0.15, 0.2) is 0 Å². The molecule has 1 rings (SSSR count). The molecule has 0 aromatic carbocycles. The largest absolute Gasteiger partial charge is 0.445 e. The SMILES string of the molecule is O=C1OC(CO)C(=O)OC(CO)C(=O)OC1CO.OCC(O)CO. The average molecular weight is 356 g/mol. The predicted octanol–water partition coefficient (Wildman–Crippen LogP) is -4.96. The molecule has 3 atom stereocenters. The fraction of sp³-hybridized carbons (Fsp3) is 0.750. The van der Waals surface area contributed by atoms with Crippen molar-refractivity contribution < 1.29 is 59.2 Å². The number of carbonyl (C=O) groups excluding carboxylic acids is 3. The molecule has 140 valence electrons. The molecule has 0 bridgehead atoms. The number of aliphatic hydroxyl groups excluding tert-OH is 6. The molecular weight excluding hydrogens is 336 g/mol. The average Bonchev–Trinajstić information content (AvgIpc) is 2.64. The first-order valence-electron chi connectivity index (χ1n) is 6.68. The maximum atomic E-state index is 11.4. The first kappa shape index (κ1) is 22.2. The number of carbonyl (C=O) groups is 3. The molecule has 0 amide bonds. The lowest BCUT2D eigenvalue weighted by molar-refractivity contribution is -0.175. The second-order valence-corrected chi connectivity index (χ2v) is 4.34. The van der Waals surface area contributed by atoms with Crippen LogP contribution in [0.2, 0.25) is 0 Å². The van der Waals surface area contributed by atoms with Gasteiger partial charge in [0.25, 0.3) is 0 Å². The van der Waals surface area contributed by atoms with Crippen molar-refractivity contribution in [2.24, 2.45) is 0 Å². The van der Waals surface area contributed by atoms with E-state index in [0.29, 0.717) is 0 Å². The van der Waals surface area contributed by atoms with Crippen LogP contribution in [0.3, 0.4) is 0 Å². The number of hydrogen-bond donors (Lipinski definition) is 6. The van der Waals surface area contributed by atoms with E-state index < -0.39 is 62.1 Å². The molecule has 0 aliphatic carbocycles. The van der Waals surface area contributed by atoms with E-state index in [-0.39, 0.29) is 13.2 Å². The van der Waals surface area contributed by atoms with Gasteiger partial charge < -0.3 is 44.8 Å². The third-order valence-corrected chi connectivity index (χ3v) is 2.48. The van der Waals surface area contributed by atoms with Crippen LogP contribution in [0, 0.1) is 0 Å². The Morgan fingerprint density at radius 2 is 0.917 bits per heavy atom. The highest BCUT2D eigenvalue weighted by atomic mass is 16.7. The highest BCUT2D eigenvalue weighted by Crippen LogP contribution is 2.09. The van der Waals surface area contributed by atoms with E-state index in [1.807, 2.05) is 0 Å². The van der Waals surface area contributed by atoms with E-state index >= 15 is 0 Å². The van der Waals surface area contributed by atoms with Crippen molar-refractivity contribution >= 4 is 17.9 Å². The highest BCUT2D eigenvalue weighted by Gasteiger charge is 2.37. The van der Waals surface area contributed by atoms with Crippen LogP contribution >= 0.6 is 0 Å². The van der Waals surface area contributed by atoms with Crippen molar-refractivity contribution in [2.75, 3.05) is 33.0 Å². The Bertz CT molecular complexity index is 355. The van der Waals surface area contributed by atoms with Crippen molar-refractivity contribution in [2.45, 2.75) is 24.4 Å². The minimum absolute atomic E-state index is 0.365. The van der Waals surface area contributed by atoms with Crippen LogP contribution in [0.25, 0.3) is 0 Å². The van der Waals surface area contributed by atoms with Gasteiger partial charge in [-0.15, -0.1) is 0 Å². The Morgan fingerprint density at radius 3 is 1.04 bits per heavy atom. The Hall–Kier alpha value is -1.83. The van der Waals surface area contributed by atoms with Crippen molar-refractivity contribution in [3.05, 3.63) is 0 Å². The van der Waals surface area contributed by atoms with Gasteiger partial charge in [-0.25, -0.2) is 14.4 Å². The van der Waals surface area contributed by atoms with Gasteiger partial charge in [0.2, 0.25) is 18.3 Å². The normalized spacial score (nSPS) is 24.6. The van der Waals surface area contributed by atoms with E-state index in [9.17, 15) is 14.4 Å². The second-order valence-electron chi connectivity index (χ2n) is 4.34. The van der Waals surface area contributed by atoms with Crippen LogP contribution in [0.4, 0.5) is 0 Å². The van der Waals surface area contributed by atoms with Crippen LogP contribution in [0.5, 0.6) is 0 Å². The lowest BCUT2D eigenvalue weighted by atomic mass is 10.3. The van der Waals surface area contributed by atoms with Gasteiger partial charge in [-0.3, -0.25) is 0 Å². The summed E-state index contributed by atoms with van der Waals surface area (Å²) in [6.45, 7) is -3.33. The second kappa shape index (κ2) is 11.7. The number of hydrogen-bond acceptors (Lipinski definition) is 12. The van der Waals surface area contributed by atoms with E-state index in [2.05, 4.69) is 14.2 Å². The Labute approximate surface area is 135 Å². The Morgan fingerprint density at radius 1 is 0.667 bits per heavy atom. The Balaban J connectivity index is 0.000000754. The van der Waals surface area contributed by atoms with Crippen LogP contribution in [0.1, 0.15) is 0 Å². The number of esters is 3. The van der Waals surface area contributed by atoms with Crippen LogP contribution < -0.4 is 0 Å². The molecule has 0 aromatic heterocycles. The molecule has 24 heavy (non-hydrogen) atoms. The minimum atomic E-state index is -1.64. The van der Waals surface area contributed by atoms with Gasteiger partial charge in [0.05, 0.1) is 33.0 Å². The smallest absolute Gasteiger partial charge is 0.350 e. The third-order valence-electron chi connectivity index (χ3n) is 2.48. The van der Waals surface area contributed by atoms with Crippen molar-refractivity contribution in [3.63, 3.8) is 0 Å². The molecule has 1 saturated heterocycles. The summed E-state index contributed by atoms with van der Waals surface area (Å²) in [4.78, 5) is 34.1. The fourth-order valence-electron chi connectivity index (χ4n) is 1.19. The van der Waals surface area contributed by atoms with Crippen molar-refractivity contribution in [1.82, 2.24) is 0 Å². The molecule has 1 aliphatic rings. The summed E-state index contributed by atoms with van der Waals surface area (Å²) in [6, 6.07) is 0. The van der Waals surface area contributed by atoms with E-state index in [0.717, 1.165) is 0 Å². The lowest BCUT2D eigenvalue weighted by Crippen LogP contribution is -2.37. The maximum Gasteiger partial charge on any atom is 0.350 e. The van der Waals surface area contributed by atoms with Gasteiger partial charge in [0, 0.05) is 0 Å². The fourth-order valence-corrected chi connectivity index (χ4v) is 1.19. The summed E-state index contributed by atoms with van der Waals surface area (Å²) < 4.78 is 13.5. The molecule has 3 unspecified atom stereocenters. The third kappa shape index (κ3) is 7.16. The topological polar surface area (TPSA) is 200 Å². The molecule has 0 aromatic rings. The summed E-state index contributed by atoms with van der Waals surface area (Å²) in [6.07, 6.45) is -5.88. The molecule has 0 radical (unpaired) electrons. The summed E-state index contributed by atoms with van der Waals surface area (Å²) in [5.74, 6) is -3.58. The first-order valence-corrected chi connectivity index (χ1v) is 6.68. The van der Waals surface area contributed by atoms with E-state index in [1.165, 1.54) is 0 Å². The quantitative estimate of drug-likeness (QED) is 0.203. The van der Waals surface area contributed by atoms with Crippen molar-refractivity contribution in [1.29, 1.82) is 0 Å². The van der Waals surface area contributed by atoms with E-state index in [4.69, 9.17) is 30.6 Å². The first-order chi connectivity index (χ1) is 11.3. The summed E-state index contributed by atoms with van der Waals surface area (Å²) in [5.41, 5.74) is 0. The van der Waals surface area contributed by atoms with Gasteiger partial charge in [-0.1, -0.05) is 0 Å². The van der Waals surface area contributed by atoms with E-state index in [1.54, 1.807) is 0 Å². The summed E-state index contributed by atoms with van der Waals surface area (Å²) in [7, 11) is 0. The van der Waals surface area contributed by atoms with Crippen molar-refractivity contribution in [3.8, 4) is 0 Å². The molecule has 12 heteroatoms. The monoisotopic (exact) mass is 356 g/mol. The summed E-state index contributed by atoms with van der Waals surface area (Å²) in [5, 5.41) is 50.5. The molecular formula is C12H20O12. The zero-order chi connectivity index (χ0) is 18.7.